The molecule has 0 unspecified atom stereocenters. The number of carbonyl (C=O) groups is 1. The van der Waals surface area contributed by atoms with Gasteiger partial charge in [-0.25, -0.2) is 0 Å². The normalized spacial score (nSPS) is 11.6. The molecule has 72 valence electrons. The molecule has 0 bridgehead atoms. The molecule has 0 atom stereocenters. The van der Waals surface area contributed by atoms with Crippen molar-refractivity contribution in [3.8, 4) is 0 Å². The molecular formula is C9H14N2O2. The van der Waals surface area contributed by atoms with Crippen molar-refractivity contribution >= 4 is 5.97 Å². The van der Waals surface area contributed by atoms with E-state index >= 15 is 0 Å². The van der Waals surface area contributed by atoms with Crippen molar-refractivity contribution in [1.29, 1.82) is 0 Å². The van der Waals surface area contributed by atoms with Gasteiger partial charge in [-0.05, 0) is 26.3 Å². The number of carboxylic acid groups (broad SMARTS) is 1. The molecule has 1 heterocycles. The van der Waals surface area contributed by atoms with E-state index in [0.29, 0.717) is 6.54 Å². The number of aryl methyl sites for hydroxylation is 1. The van der Waals surface area contributed by atoms with Crippen molar-refractivity contribution < 1.29 is 9.90 Å². The number of hydrogen-bond donors (Lipinski definition) is 1. The highest BCUT2D eigenvalue weighted by atomic mass is 16.4. The van der Waals surface area contributed by atoms with E-state index in [-0.39, 0.29) is 0 Å². The first-order valence-electron chi connectivity index (χ1n) is 4.14. The second-order valence-electron chi connectivity index (χ2n) is 3.90. The molecule has 4 heteroatoms. The predicted octanol–water partition coefficient (Wildman–Crippen LogP) is 1.30. The van der Waals surface area contributed by atoms with E-state index in [1.807, 2.05) is 13.1 Å². The summed E-state index contributed by atoms with van der Waals surface area (Å²) >= 11 is 0. The van der Waals surface area contributed by atoms with E-state index < -0.39 is 11.4 Å². The minimum atomic E-state index is -0.805. The summed E-state index contributed by atoms with van der Waals surface area (Å²) in [7, 11) is 0. The van der Waals surface area contributed by atoms with Crippen molar-refractivity contribution in [2.45, 2.75) is 27.3 Å². The SMILES string of the molecule is Cc1cnn(CC(C)(C)C(=O)O)c1. The van der Waals surface area contributed by atoms with E-state index in [1.54, 1.807) is 24.7 Å². The molecule has 0 amide bonds. The van der Waals surface area contributed by atoms with Gasteiger partial charge < -0.3 is 5.11 Å². The molecule has 0 aromatic carbocycles. The highest BCUT2D eigenvalue weighted by Crippen LogP contribution is 2.17. The number of rotatable bonds is 3. The predicted molar refractivity (Wildman–Crippen MR) is 48.4 cm³/mol. The van der Waals surface area contributed by atoms with Gasteiger partial charge in [0.15, 0.2) is 0 Å². The number of aliphatic carboxylic acids is 1. The molecule has 1 aromatic heterocycles. The van der Waals surface area contributed by atoms with Crippen LogP contribution in [0, 0.1) is 12.3 Å². The van der Waals surface area contributed by atoms with E-state index in [1.165, 1.54) is 0 Å². The number of aromatic nitrogens is 2. The van der Waals surface area contributed by atoms with Gasteiger partial charge >= 0.3 is 5.97 Å². The van der Waals surface area contributed by atoms with Crippen LogP contribution in [0.1, 0.15) is 19.4 Å². The first-order valence-corrected chi connectivity index (χ1v) is 4.14. The Labute approximate surface area is 77.2 Å². The van der Waals surface area contributed by atoms with Crippen LogP contribution in [0.25, 0.3) is 0 Å². The van der Waals surface area contributed by atoms with Gasteiger partial charge in [-0.15, -0.1) is 0 Å². The van der Waals surface area contributed by atoms with Crippen LogP contribution in [0.15, 0.2) is 12.4 Å². The molecule has 1 aromatic rings. The Kier molecular flexibility index (Phi) is 2.40. The Bertz CT molecular complexity index is 315. The minimum Gasteiger partial charge on any atom is -0.481 e. The van der Waals surface area contributed by atoms with Crippen molar-refractivity contribution in [2.24, 2.45) is 5.41 Å². The third kappa shape index (κ3) is 2.31. The fraction of sp³-hybridized carbons (Fsp3) is 0.556. The van der Waals surface area contributed by atoms with Gasteiger partial charge in [-0.2, -0.15) is 5.10 Å². The maximum Gasteiger partial charge on any atom is 0.310 e. The molecule has 0 saturated carbocycles. The second-order valence-corrected chi connectivity index (χ2v) is 3.90. The van der Waals surface area contributed by atoms with Crippen molar-refractivity contribution in [3.63, 3.8) is 0 Å². The van der Waals surface area contributed by atoms with Crippen molar-refractivity contribution in [3.05, 3.63) is 18.0 Å². The summed E-state index contributed by atoms with van der Waals surface area (Å²) in [6.45, 7) is 5.70. The van der Waals surface area contributed by atoms with Gasteiger partial charge in [0, 0.05) is 6.20 Å². The molecule has 1 rings (SSSR count). The maximum absolute atomic E-state index is 10.8. The van der Waals surface area contributed by atoms with E-state index in [2.05, 4.69) is 5.10 Å². The Morgan fingerprint density at radius 3 is 2.69 bits per heavy atom. The Morgan fingerprint density at radius 2 is 2.31 bits per heavy atom. The maximum atomic E-state index is 10.8. The highest BCUT2D eigenvalue weighted by molar-refractivity contribution is 5.73. The van der Waals surface area contributed by atoms with Crippen LogP contribution in [0.2, 0.25) is 0 Å². The molecule has 0 fully saturated rings. The zero-order chi connectivity index (χ0) is 10.1. The number of carboxylic acids is 1. The fourth-order valence-corrected chi connectivity index (χ4v) is 1.03. The topological polar surface area (TPSA) is 55.1 Å². The molecule has 1 N–H and O–H groups in total. The quantitative estimate of drug-likeness (QED) is 0.766. The molecule has 4 nitrogen and oxygen atoms in total. The summed E-state index contributed by atoms with van der Waals surface area (Å²) in [5.74, 6) is -0.805. The van der Waals surface area contributed by atoms with Crippen LogP contribution in [0.4, 0.5) is 0 Å². The lowest BCUT2D eigenvalue weighted by atomic mass is 9.94. The van der Waals surface area contributed by atoms with E-state index in [4.69, 9.17) is 5.11 Å². The first kappa shape index (κ1) is 9.77. The summed E-state index contributed by atoms with van der Waals surface area (Å²) in [5, 5.41) is 12.9. The van der Waals surface area contributed by atoms with E-state index in [9.17, 15) is 4.79 Å². The standard InChI is InChI=1S/C9H14N2O2/c1-7-4-10-11(5-7)6-9(2,3)8(12)13/h4-5H,6H2,1-3H3,(H,12,13). The van der Waals surface area contributed by atoms with Gasteiger partial charge in [0.05, 0.1) is 18.2 Å². The third-order valence-electron chi connectivity index (χ3n) is 1.90. The van der Waals surface area contributed by atoms with Gasteiger partial charge in [0.25, 0.3) is 0 Å². The Hall–Kier alpha value is -1.32. The fourth-order valence-electron chi connectivity index (χ4n) is 1.03. The second kappa shape index (κ2) is 3.20. The molecule has 0 spiro atoms. The van der Waals surface area contributed by atoms with Crippen LogP contribution in [0.5, 0.6) is 0 Å². The van der Waals surface area contributed by atoms with Gasteiger partial charge in [-0.1, -0.05) is 0 Å². The largest absolute Gasteiger partial charge is 0.481 e. The summed E-state index contributed by atoms with van der Waals surface area (Å²) in [5.41, 5.74) is 0.277. The van der Waals surface area contributed by atoms with Crippen molar-refractivity contribution in [2.75, 3.05) is 0 Å². The van der Waals surface area contributed by atoms with Crippen LogP contribution in [0.3, 0.4) is 0 Å². The zero-order valence-corrected chi connectivity index (χ0v) is 8.11. The monoisotopic (exact) mass is 182 g/mol. The average Bonchev–Trinajstić information content (AvgIpc) is 2.34. The van der Waals surface area contributed by atoms with Crippen molar-refractivity contribution in [1.82, 2.24) is 9.78 Å². The summed E-state index contributed by atoms with van der Waals surface area (Å²) in [6.07, 6.45) is 3.56. The van der Waals surface area contributed by atoms with Crippen LogP contribution >= 0.6 is 0 Å². The zero-order valence-electron chi connectivity index (χ0n) is 8.11. The van der Waals surface area contributed by atoms with Gasteiger partial charge in [0.2, 0.25) is 0 Å². The van der Waals surface area contributed by atoms with Crippen LogP contribution < -0.4 is 0 Å². The molecule has 0 saturated heterocycles. The summed E-state index contributed by atoms with van der Waals surface area (Å²) in [4.78, 5) is 10.8. The lowest BCUT2D eigenvalue weighted by Gasteiger charge is -2.18. The number of nitrogens with zero attached hydrogens (tertiary/aromatic N) is 2. The average molecular weight is 182 g/mol. The first-order chi connectivity index (χ1) is 5.92. The Morgan fingerprint density at radius 1 is 1.69 bits per heavy atom. The van der Waals surface area contributed by atoms with Gasteiger partial charge in [-0.3, -0.25) is 9.48 Å². The number of hydrogen-bond acceptors (Lipinski definition) is 2. The summed E-state index contributed by atoms with van der Waals surface area (Å²) in [6, 6.07) is 0. The molecule has 13 heavy (non-hydrogen) atoms. The van der Waals surface area contributed by atoms with Crippen LogP contribution in [-0.2, 0) is 11.3 Å². The lowest BCUT2D eigenvalue weighted by molar-refractivity contribution is -0.147. The Balaban J connectivity index is 2.74. The highest BCUT2D eigenvalue weighted by Gasteiger charge is 2.27. The van der Waals surface area contributed by atoms with Crippen LogP contribution in [-0.4, -0.2) is 20.9 Å². The molecule has 0 aliphatic heterocycles. The van der Waals surface area contributed by atoms with Gasteiger partial charge in [0.1, 0.15) is 0 Å². The lowest BCUT2D eigenvalue weighted by Crippen LogP contribution is -2.29. The molecule has 0 aliphatic rings. The molecule has 0 radical (unpaired) electrons. The molecule has 0 aliphatic carbocycles. The minimum absolute atomic E-state index is 0.399. The summed E-state index contributed by atoms with van der Waals surface area (Å²) < 4.78 is 1.66. The smallest absolute Gasteiger partial charge is 0.310 e. The molecular weight excluding hydrogens is 168 g/mol. The van der Waals surface area contributed by atoms with E-state index in [0.717, 1.165) is 5.56 Å². The third-order valence-corrected chi connectivity index (χ3v) is 1.90.